The molecule has 1 heterocycles. The van der Waals surface area contributed by atoms with Crippen molar-refractivity contribution in [2.45, 2.75) is 148 Å². The van der Waals surface area contributed by atoms with Crippen LogP contribution < -0.4 is 5.73 Å². The lowest BCUT2D eigenvalue weighted by atomic mass is 9.45. The topological polar surface area (TPSA) is 134 Å². The SMILES string of the molecule is CC(=O)O[C@H]1C[C@@]2(C)[C@@H](C[C@H]1OC(C)=O)C(=O)C=C1[C@@H]2CC[C@]2(C)[C@@H]([C@@]3(C)OC(C)(C)O[C@@H]3CCC(C)N)CC[C@@]12O. The number of hydrogen-bond donors (Lipinski definition) is 2. The Morgan fingerprint density at radius 1 is 1.05 bits per heavy atom. The number of ether oxygens (including phenoxy) is 4. The minimum atomic E-state index is -1.18. The summed E-state index contributed by atoms with van der Waals surface area (Å²) in [4.78, 5) is 37.8. The van der Waals surface area contributed by atoms with Gasteiger partial charge < -0.3 is 29.8 Å². The van der Waals surface area contributed by atoms with Crippen LogP contribution in [0, 0.1) is 28.6 Å². The molecule has 4 fully saturated rings. The van der Waals surface area contributed by atoms with Gasteiger partial charge in [-0.2, -0.15) is 0 Å². The maximum atomic E-state index is 13.9. The van der Waals surface area contributed by atoms with E-state index >= 15 is 0 Å². The summed E-state index contributed by atoms with van der Waals surface area (Å²) in [6.07, 6.45) is 5.34. The molecule has 0 aromatic heterocycles. The zero-order chi connectivity index (χ0) is 31.0. The first-order chi connectivity index (χ1) is 19.4. The average Bonchev–Trinajstić information content (AvgIpc) is 3.27. The molecule has 1 saturated heterocycles. The van der Waals surface area contributed by atoms with Crippen molar-refractivity contribution in [1.82, 2.24) is 0 Å². The van der Waals surface area contributed by atoms with Crippen molar-refractivity contribution >= 4 is 17.7 Å². The summed E-state index contributed by atoms with van der Waals surface area (Å²) in [5.74, 6) is -2.16. The molecule has 1 aliphatic heterocycles. The van der Waals surface area contributed by atoms with Crippen LogP contribution >= 0.6 is 0 Å². The zero-order valence-corrected chi connectivity index (χ0v) is 26.7. The first-order valence-electron chi connectivity index (χ1n) is 15.8. The Kier molecular flexibility index (Phi) is 7.82. The Morgan fingerprint density at radius 2 is 1.69 bits per heavy atom. The molecule has 0 radical (unpaired) electrons. The molecule has 1 unspecified atom stereocenters. The van der Waals surface area contributed by atoms with Gasteiger partial charge in [-0.3, -0.25) is 14.4 Å². The number of fused-ring (bicyclic) bond motifs is 5. The van der Waals surface area contributed by atoms with Crippen molar-refractivity contribution in [3.63, 3.8) is 0 Å². The fourth-order valence-electron chi connectivity index (χ4n) is 10.1. The minimum absolute atomic E-state index is 0.00540. The quantitative estimate of drug-likeness (QED) is 0.433. The molecule has 9 heteroatoms. The van der Waals surface area contributed by atoms with E-state index in [1.54, 1.807) is 6.08 Å². The van der Waals surface area contributed by atoms with Crippen LogP contribution in [0.1, 0.15) is 107 Å². The second-order valence-electron chi connectivity index (χ2n) is 15.1. The number of esters is 2. The largest absolute Gasteiger partial charge is 0.459 e. The molecular formula is C33H51NO8. The number of rotatable bonds is 6. The number of nitrogens with two attached hydrogens (primary N) is 1. The van der Waals surface area contributed by atoms with Crippen LogP contribution in [0.2, 0.25) is 0 Å². The summed E-state index contributed by atoms with van der Waals surface area (Å²) in [6.45, 7) is 15.0. The van der Waals surface area contributed by atoms with Crippen molar-refractivity contribution in [1.29, 1.82) is 0 Å². The molecule has 3 saturated carbocycles. The molecule has 5 rings (SSSR count). The van der Waals surface area contributed by atoms with Crippen LogP contribution in [0.25, 0.3) is 0 Å². The van der Waals surface area contributed by atoms with E-state index < -0.39 is 52.0 Å². The van der Waals surface area contributed by atoms with Crippen LogP contribution in [-0.2, 0) is 33.3 Å². The van der Waals surface area contributed by atoms with Crippen LogP contribution in [0.4, 0.5) is 0 Å². The third kappa shape index (κ3) is 4.87. The lowest BCUT2D eigenvalue weighted by molar-refractivity contribution is -0.195. The summed E-state index contributed by atoms with van der Waals surface area (Å²) in [5, 5.41) is 12.8. The summed E-state index contributed by atoms with van der Waals surface area (Å²) in [5.41, 5.74) is 4.04. The minimum Gasteiger partial charge on any atom is -0.459 e. The molecule has 9 nitrogen and oxygen atoms in total. The number of aliphatic hydroxyl groups is 1. The average molecular weight is 590 g/mol. The molecule has 11 atom stereocenters. The predicted molar refractivity (Wildman–Crippen MR) is 155 cm³/mol. The molecule has 0 bridgehead atoms. The highest BCUT2D eigenvalue weighted by Gasteiger charge is 2.71. The molecular weight excluding hydrogens is 538 g/mol. The summed E-state index contributed by atoms with van der Waals surface area (Å²) >= 11 is 0. The van der Waals surface area contributed by atoms with E-state index in [4.69, 9.17) is 24.7 Å². The lowest BCUT2D eigenvalue weighted by Gasteiger charge is -2.61. The number of carbonyl (C=O) groups is 3. The third-order valence-electron chi connectivity index (χ3n) is 11.8. The van der Waals surface area contributed by atoms with Crippen LogP contribution in [0.15, 0.2) is 11.6 Å². The van der Waals surface area contributed by atoms with E-state index in [2.05, 4.69) is 20.8 Å². The molecule has 0 amide bonds. The summed E-state index contributed by atoms with van der Waals surface area (Å²) in [6, 6.07) is 0.0481. The highest BCUT2D eigenvalue weighted by molar-refractivity contribution is 5.95. The van der Waals surface area contributed by atoms with Crippen molar-refractivity contribution in [3.05, 3.63) is 11.6 Å². The smallest absolute Gasteiger partial charge is 0.303 e. The summed E-state index contributed by atoms with van der Waals surface area (Å²) in [7, 11) is 0. The Bertz CT molecular complexity index is 1160. The van der Waals surface area contributed by atoms with Gasteiger partial charge in [0.2, 0.25) is 0 Å². The molecule has 0 aromatic carbocycles. The fourth-order valence-corrected chi connectivity index (χ4v) is 10.1. The van der Waals surface area contributed by atoms with Gasteiger partial charge in [0.25, 0.3) is 0 Å². The van der Waals surface area contributed by atoms with Gasteiger partial charge >= 0.3 is 11.9 Å². The maximum Gasteiger partial charge on any atom is 0.303 e. The van der Waals surface area contributed by atoms with Crippen molar-refractivity contribution in [2.24, 2.45) is 34.3 Å². The van der Waals surface area contributed by atoms with Gasteiger partial charge in [-0.1, -0.05) is 13.8 Å². The highest BCUT2D eigenvalue weighted by Crippen LogP contribution is 2.70. The Balaban J connectivity index is 1.49. The van der Waals surface area contributed by atoms with Crippen LogP contribution in [-0.4, -0.2) is 64.2 Å². The second-order valence-corrected chi connectivity index (χ2v) is 15.1. The second kappa shape index (κ2) is 10.4. The molecule has 4 aliphatic carbocycles. The fraction of sp³-hybridized carbons (Fsp3) is 0.848. The van der Waals surface area contributed by atoms with E-state index in [0.717, 1.165) is 37.7 Å². The number of ketones is 1. The standard InChI is InChI=1S/C33H51NO8/c1-18(34)9-10-28-32(8,42-29(4,5)41-28)27-12-14-33(38)22-15-24(37)23-16-25(39-19(2)35)26(40-20(3)36)17-30(23,6)21(22)11-13-31(27,33)7/h15,18,21,23,25-28,38H,9-14,16-17,34H2,1-8H3/t18?,21-,23-,25+,26-,27-,28+,30+,31+,32+,33+/m0/s1. The lowest BCUT2D eigenvalue weighted by Crippen LogP contribution is -2.63. The van der Waals surface area contributed by atoms with Crippen LogP contribution in [0.5, 0.6) is 0 Å². The molecule has 0 aromatic rings. The molecule has 3 N–H and O–H groups in total. The van der Waals surface area contributed by atoms with Gasteiger partial charge in [0.15, 0.2) is 11.6 Å². The van der Waals surface area contributed by atoms with Crippen molar-refractivity contribution in [2.75, 3.05) is 0 Å². The first-order valence-corrected chi connectivity index (χ1v) is 15.8. The highest BCUT2D eigenvalue weighted by atomic mass is 16.8. The van der Waals surface area contributed by atoms with E-state index in [1.807, 2.05) is 20.8 Å². The van der Waals surface area contributed by atoms with Gasteiger partial charge in [0.1, 0.15) is 12.2 Å². The Morgan fingerprint density at radius 3 is 2.31 bits per heavy atom. The molecule has 5 aliphatic rings. The van der Waals surface area contributed by atoms with E-state index in [9.17, 15) is 19.5 Å². The van der Waals surface area contributed by atoms with Crippen molar-refractivity contribution in [3.8, 4) is 0 Å². The van der Waals surface area contributed by atoms with E-state index in [-0.39, 0.29) is 35.7 Å². The molecule has 0 spiro atoms. The van der Waals surface area contributed by atoms with Gasteiger partial charge in [-0.05, 0) is 108 Å². The third-order valence-corrected chi connectivity index (χ3v) is 11.8. The zero-order valence-electron chi connectivity index (χ0n) is 26.7. The van der Waals surface area contributed by atoms with Gasteiger partial charge in [0.05, 0.1) is 17.3 Å². The predicted octanol–water partition coefficient (Wildman–Crippen LogP) is 4.37. The van der Waals surface area contributed by atoms with E-state index in [0.29, 0.717) is 19.3 Å². The monoisotopic (exact) mass is 589 g/mol. The molecule has 42 heavy (non-hydrogen) atoms. The Hall–Kier alpha value is -1.81. The van der Waals surface area contributed by atoms with Gasteiger partial charge in [-0.25, -0.2) is 0 Å². The number of carbonyl (C=O) groups excluding carboxylic acids is 3. The van der Waals surface area contributed by atoms with Crippen LogP contribution in [0.3, 0.4) is 0 Å². The van der Waals surface area contributed by atoms with Crippen molar-refractivity contribution < 1.29 is 38.4 Å². The number of hydrogen-bond acceptors (Lipinski definition) is 9. The normalized spacial score (nSPS) is 46.6. The summed E-state index contributed by atoms with van der Waals surface area (Å²) < 4.78 is 24.4. The first kappa shape index (κ1) is 31.6. The van der Waals surface area contributed by atoms with Gasteiger partial charge in [-0.15, -0.1) is 0 Å². The number of allylic oxidation sites excluding steroid dienone is 1. The molecule has 236 valence electrons. The maximum absolute atomic E-state index is 13.9. The Labute approximate surface area is 250 Å². The van der Waals surface area contributed by atoms with E-state index in [1.165, 1.54) is 13.8 Å². The van der Waals surface area contributed by atoms with Gasteiger partial charge in [0, 0.05) is 31.2 Å².